The van der Waals surface area contributed by atoms with Gasteiger partial charge in [0.15, 0.2) is 6.20 Å². The summed E-state index contributed by atoms with van der Waals surface area (Å²) in [5.74, 6) is 0.940. The number of ether oxygens (including phenoxy) is 1. The first-order chi connectivity index (χ1) is 16.2. The van der Waals surface area contributed by atoms with Crippen molar-refractivity contribution in [2.75, 3.05) is 6.61 Å². The number of hydrogen-bond donors (Lipinski definition) is 0. The highest BCUT2D eigenvalue weighted by atomic mass is 16.5. The number of pyridine rings is 1. The van der Waals surface area contributed by atoms with E-state index in [2.05, 4.69) is 41.8 Å². The summed E-state index contributed by atoms with van der Waals surface area (Å²) in [5.41, 5.74) is 8.56. The zero-order valence-electron chi connectivity index (χ0n) is 18.7. The van der Waals surface area contributed by atoms with Crippen LogP contribution in [0.25, 0.3) is 44.3 Å². The van der Waals surface area contributed by atoms with Crippen molar-refractivity contribution in [2.24, 2.45) is 7.05 Å². The van der Waals surface area contributed by atoms with Crippen molar-refractivity contribution >= 4 is 21.9 Å². The number of furan rings is 1. The Morgan fingerprint density at radius 3 is 2.58 bits per heavy atom. The number of rotatable bonds is 2. The molecule has 0 atom stereocenters. The van der Waals surface area contributed by atoms with Gasteiger partial charge in [-0.1, -0.05) is 18.2 Å². The fourth-order valence-corrected chi connectivity index (χ4v) is 5.00. The van der Waals surface area contributed by atoms with Crippen molar-refractivity contribution in [1.82, 2.24) is 0 Å². The molecule has 0 N–H and O–H groups in total. The minimum absolute atomic E-state index is 0.613. The summed E-state index contributed by atoms with van der Waals surface area (Å²) in [4.78, 5) is 0. The number of aryl methyl sites for hydroxylation is 3. The van der Waals surface area contributed by atoms with Gasteiger partial charge in [0.1, 0.15) is 24.0 Å². The molecule has 0 bridgehead atoms. The van der Waals surface area contributed by atoms with E-state index in [1.165, 1.54) is 5.56 Å². The average Bonchev–Trinajstić information content (AvgIpc) is 3.22. The lowest BCUT2D eigenvalue weighted by atomic mass is 9.94. The molecule has 6 rings (SSSR count). The molecular weight excluding hydrogens is 408 g/mol. The maximum Gasteiger partial charge on any atom is 0.216 e. The summed E-state index contributed by atoms with van der Waals surface area (Å²) in [5, 5.41) is 12.0. The number of nitrogens with zero attached hydrogens (tertiary/aromatic N) is 2. The van der Waals surface area contributed by atoms with Gasteiger partial charge in [-0.15, -0.1) is 0 Å². The van der Waals surface area contributed by atoms with E-state index in [1.54, 1.807) is 0 Å². The topological polar surface area (TPSA) is 50.0 Å². The van der Waals surface area contributed by atoms with E-state index in [0.29, 0.717) is 5.56 Å². The van der Waals surface area contributed by atoms with Gasteiger partial charge in [-0.25, -0.2) is 4.57 Å². The van der Waals surface area contributed by atoms with Gasteiger partial charge in [0.25, 0.3) is 0 Å². The molecule has 3 aromatic carbocycles. The number of aromatic nitrogens is 1. The van der Waals surface area contributed by atoms with Crippen LogP contribution in [0.15, 0.2) is 71.3 Å². The zero-order chi connectivity index (χ0) is 22.5. The monoisotopic (exact) mass is 431 g/mol. The fraction of sp³-hybridized carbons (Fsp3) is 0.172. The van der Waals surface area contributed by atoms with E-state index in [1.807, 2.05) is 49.6 Å². The molecule has 2 aromatic heterocycles. The van der Waals surface area contributed by atoms with Crippen LogP contribution in [0.3, 0.4) is 0 Å². The van der Waals surface area contributed by atoms with Crippen molar-refractivity contribution in [3.05, 3.63) is 83.6 Å². The Kier molecular flexibility index (Phi) is 4.45. The molecule has 0 saturated heterocycles. The predicted octanol–water partition coefficient (Wildman–Crippen LogP) is 6.25. The predicted molar refractivity (Wildman–Crippen MR) is 129 cm³/mol. The SMILES string of the molecule is Cc1ccc2c(oc3c(-c4ccc5c(c4)CCCO5)c(C#N)ccc32)c1-c1cccc[n+]1C. The Morgan fingerprint density at radius 2 is 1.76 bits per heavy atom. The van der Waals surface area contributed by atoms with Crippen LogP contribution in [0.1, 0.15) is 23.1 Å². The lowest BCUT2D eigenvalue weighted by Gasteiger charge is -2.18. The Morgan fingerprint density at radius 1 is 0.939 bits per heavy atom. The normalized spacial score (nSPS) is 13.0. The Balaban J connectivity index is 1.68. The Bertz CT molecular complexity index is 1600. The largest absolute Gasteiger partial charge is 0.493 e. The van der Waals surface area contributed by atoms with Crippen LogP contribution in [0.2, 0.25) is 0 Å². The second kappa shape index (κ2) is 7.50. The minimum Gasteiger partial charge on any atom is -0.493 e. The maximum atomic E-state index is 9.95. The Labute approximate surface area is 192 Å². The second-order valence-electron chi connectivity index (χ2n) is 8.68. The van der Waals surface area contributed by atoms with Gasteiger partial charge in [0.2, 0.25) is 5.69 Å². The zero-order valence-corrected chi connectivity index (χ0v) is 18.7. The van der Waals surface area contributed by atoms with E-state index < -0.39 is 0 Å². The van der Waals surface area contributed by atoms with Crippen LogP contribution in [-0.4, -0.2) is 6.61 Å². The first-order valence-electron chi connectivity index (χ1n) is 11.3. The first-order valence-corrected chi connectivity index (χ1v) is 11.3. The van der Waals surface area contributed by atoms with E-state index in [4.69, 9.17) is 9.15 Å². The van der Waals surface area contributed by atoms with Gasteiger partial charge in [-0.2, -0.15) is 5.26 Å². The molecule has 0 amide bonds. The van der Waals surface area contributed by atoms with Crippen LogP contribution in [0.4, 0.5) is 0 Å². The molecule has 0 fully saturated rings. The first kappa shape index (κ1) is 19.6. The van der Waals surface area contributed by atoms with Gasteiger partial charge in [-0.05, 0) is 66.8 Å². The molecule has 0 radical (unpaired) electrons. The molecule has 160 valence electrons. The second-order valence-corrected chi connectivity index (χ2v) is 8.68. The summed E-state index contributed by atoms with van der Waals surface area (Å²) in [6.45, 7) is 2.87. The third kappa shape index (κ3) is 3.01. The third-order valence-corrected chi connectivity index (χ3v) is 6.65. The molecule has 4 heteroatoms. The van der Waals surface area contributed by atoms with E-state index >= 15 is 0 Å². The van der Waals surface area contributed by atoms with Crippen LogP contribution in [-0.2, 0) is 13.5 Å². The van der Waals surface area contributed by atoms with Gasteiger partial charge >= 0.3 is 0 Å². The molecule has 5 aromatic rings. The molecule has 0 spiro atoms. The van der Waals surface area contributed by atoms with E-state index in [9.17, 15) is 5.26 Å². The third-order valence-electron chi connectivity index (χ3n) is 6.65. The van der Waals surface area contributed by atoms with Gasteiger partial charge < -0.3 is 9.15 Å². The summed E-state index contributed by atoms with van der Waals surface area (Å²) < 4.78 is 14.6. The van der Waals surface area contributed by atoms with E-state index in [0.717, 1.165) is 75.1 Å². The summed E-state index contributed by atoms with van der Waals surface area (Å²) in [7, 11) is 2.05. The van der Waals surface area contributed by atoms with Crippen LogP contribution in [0.5, 0.6) is 5.75 Å². The van der Waals surface area contributed by atoms with Crippen LogP contribution in [0, 0.1) is 18.3 Å². The lowest BCUT2D eigenvalue weighted by Crippen LogP contribution is -2.30. The molecule has 1 aliphatic heterocycles. The summed E-state index contributed by atoms with van der Waals surface area (Å²) in [6, 6.07) is 23.0. The summed E-state index contributed by atoms with van der Waals surface area (Å²) >= 11 is 0. The van der Waals surface area contributed by atoms with Crippen LogP contribution < -0.4 is 9.30 Å². The summed E-state index contributed by atoms with van der Waals surface area (Å²) in [6.07, 6.45) is 4.03. The number of fused-ring (bicyclic) bond motifs is 4. The molecule has 3 heterocycles. The lowest BCUT2D eigenvalue weighted by molar-refractivity contribution is -0.660. The van der Waals surface area contributed by atoms with Crippen molar-refractivity contribution in [2.45, 2.75) is 19.8 Å². The quantitative estimate of drug-likeness (QED) is 0.311. The smallest absolute Gasteiger partial charge is 0.216 e. The molecular formula is C29H23N2O2+. The molecule has 0 aliphatic carbocycles. The van der Waals surface area contributed by atoms with Gasteiger partial charge in [0, 0.05) is 28.5 Å². The molecule has 0 unspecified atom stereocenters. The Hall–Kier alpha value is -4.10. The highest BCUT2D eigenvalue weighted by Gasteiger charge is 2.23. The molecule has 33 heavy (non-hydrogen) atoms. The molecule has 0 saturated carbocycles. The minimum atomic E-state index is 0.613. The van der Waals surface area contributed by atoms with Crippen molar-refractivity contribution < 1.29 is 13.7 Å². The van der Waals surface area contributed by atoms with Gasteiger partial charge in [-0.3, -0.25) is 0 Å². The van der Waals surface area contributed by atoms with Gasteiger partial charge in [0.05, 0.1) is 23.8 Å². The van der Waals surface area contributed by atoms with Crippen molar-refractivity contribution in [1.29, 1.82) is 5.26 Å². The maximum absolute atomic E-state index is 9.95. The molecule has 1 aliphatic rings. The van der Waals surface area contributed by atoms with E-state index in [-0.39, 0.29) is 0 Å². The fourth-order valence-electron chi connectivity index (χ4n) is 5.00. The molecule has 4 nitrogen and oxygen atoms in total. The number of nitriles is 1. The average molecular weight is 432 g/mol. The highest BCUT2D eigenvalue weighted by Crippen LogP contribution is 2.42. The highest BCUT2D eigenvalue weighted by molar-refractivity contribution is 6.14. The standard InChI is InChI=1S/C29H23N2O2/c1-18-8-11-22-23-12-9-21(17-30)27(20-10-13-25-19(16-20)6-5-15-32-25)29(23)33-28(22)26(18)24-7-3-4-14-31(24)2/h3-4,7-14,16H,5-6,15H2,1-2H3/q+1. The van der Waals surface area contributed by atoms with Crippen molar-refractivity contribution in [3.63, 3.8) is 0 Å². The number of hydrogen-bond acceptors (Lipinski definition) is 3. The van der Waals surface area contributed by atoms with Crippen molar-refractivity contribution in [3.8, 4) is 34.2 Å². The number of benzene rings is 3. The van der Waals surface area contributed by atoms with Crippen LogP contribution >= 0.6 is 0 Å².